The lowest BCUT2D eigenvalue weighted by Crippen LogP contribution is -2.51. The van der Waals surface area contributed by atoms with Gasteiger partial charge in [0.15, 0.2) is 0 Å². The van der Waals surface area contributed by atoms with E-state index in [9.17, 15) is 18.3 Å². The van der Waals surface area contributed by atoms with E-state index in [1.54, 1.807) is 24.3 Å². The Morgan fingerprint density at radius 3 is 2.42 bits per heavy atom. The fourth-order valence-corrected chi connectivity index (χ4v) is 5.33. The molecular formula is C21H24Cl2N2O5S. The Hall–Kier alpha value is -1.68. The van der Waals surface area contributed by atoms with Crippen LogP contribution in [-0.2, 0) is 14.8 Å². The topological polar surface area (TPSA) is 105 Å². The van der Waals surface area contributed by atoms with Gasteiger partial charge in [0.1, 0.15) is 0 Å². The van der Waals surface area contributed by atoms with Crippen molar-refractivity contribution < 1.29 is 23.1 Å². The molecular weight excluding hydrogens is 463 g/mol. The zero-order valence-electron chi connectivity index (χ0n) is 16.6. The van der Waals surface area contributed by atoms with E-state index in [2.05, 4.69) is 10.0 Å². The maximum atomic E-state index is 12.6. The van der Waals surface area contributed by atoms with E-state index >= 15 is 0 Å². The van der Waals surface area contributed by atoms with Crippen LogP contribution in [0.4, 0.5) is 0 Å². The largest absolute Gasteiger partial charge is 0.394 e. The molecule has 2 aromatic carbocycles. The zero-order valence-corrected chi connectivity index (χ0v) is 19.0. The number of sulfonamides is 1. The molecule has 2 aromatic rings. The minimum Gasteiger partial charge on any atom is -0.394 e. The van der Waals surface area contributed by atoms with Crippen LogP contribution in [0.1, 0.15) is 29.6 Å². The van der Waals surface area contributed by atoms with Crippen molar-refractivity contribution in [3.8, 4) is 0 Å². The number of aliphatic hydroxyl groups excluding tert-OH is 1. The molecule has 10 heteroatoms. The predicted molar refractivity (Wildman–Crippen MR) is 119 cm³/mol. The van der Waals surface area contributed by atoms with Gasteiger partial charge < -0.3 is 15.2 Å². The SMILES string of the molecule is O=C(NCC[C@@H]1CC[C@H](NS(=O)(=O)c2ccccc2)[C@@H](CO)O1)c1cc(Cl)cc(Cl)c1. The van der Waals surface area contributed by atoms with Crippen LogP contribution in [0.15, 0.2) is 53.4 Å². The Balaban J connectivity index is 1.51. The highest BCUT2D eigenvalue weighted by Crippen LogP contribution is 2.24. The molecule has 1 aliphatic rings. The monoisotopic (exact) mass is 486 g/mol. The van der Waals surface area contributed by atoms with Gasteiger partial charge >= 0.3 is 0 Å². The number of nitrogens with one attached hydrogen (secondary N) is 2. The van der Waals surface area contributed by atoms with Crippen LogP contribution in [0.2, 0.25) is 10.0 Å². The van der Waals surface area contributed by atoms with Crippen LogP contribution in [0.5, 0.6) is 0 Å². The van der Waals surface area contributed by atoms with E-state index in [1.165, 1.54) is 24.3 Å². The Kier molecular flexibility index (Phi) is 8.32. The van der Waals surface area contributed by atoms with Gasteiger partial charge in [-0.05, 0) is 49.6 Å². The number of hydrogen-bond acceptors (Lipinski definition) is 5. The predicted octanol–water partition coefficient (Wildman–Crippen LogP) is 3.00. The van der Waals surface area contributed by atoms with Crippen molar-refractivity contribution >= 4 is 39.1 Å². The van der Waals surface area contributed by atoms with Gasteiger partial charge in [0, 0.05) is 22.2 Å². The Morgan fingerprint density at radius 2 is 1.77 bits per heavy atom. The van der Waals surface area contributed by atoms with E-state index in [4.69, 9.17) is 27.9 Å². The number of ether oxygens (including phenoxy) is 1. The summed E-state index contributed by atoms with van der Waals surface area (Å²) in [5.74, 6) is -0.299. The van der Waals surface area contributed by atoms with E-state index in [0.29, 0.717) is 41.4 Å². The number of hydrogen-bond donors (Lipinski definition) is 3. The Labute approximate surface area is 191 Å². The number of carbonyl (C=O) groups excluding carboxylic acids is 1. The highest BCUT2D eigenvalue weighted by atomic mass is 35.5. The molecule has 0 aliphatic carbocycles. The van der Waals surface area contributed by atoms with Crippen molar-refractivity contribution in [1.29, 1.82) is 0 Å². The fraction of sp³-hybridized carbons (Fsp3) is 0.381. The molecule has 0 radical (unpaired) electrons. The summed E-state index contributed by atoms with van der Waals surface area (Å²) in [4.78, 5) is 12.4. The maximum Gasteiger partial charge on any atom is 0.251 e. The summed E-state index contributed by atoms with van der Waals surface area (Å²) in [5.41, 5.74) is 0.366. The van der Waals surface area contributed by atoms with E-state index < -0.39 is 22.2 Å². The number of rotatable bonds is 8. The summed E-state index contributed by atoms with van der Waals surface area (Å²) in [6.45, 7) is 0.0397. The van der Waals surface area contributed by atoms with E-state index in [1.807, 2.05) is 0 Å². The molecule has 1 aliphatic heterocycles. The second-order valence-corrected chi connectivity index (χ2v) is 9.89. The summed E-state index contributed by atoms with van der Waals surface area (Å²) in [6.07, 6.45) is 0.754. The van der Waals surface area contributed by atoms with Gasteiger partial charge in [-0.2, -0.15) is 0 Å². The normalized spacial score (nSPS) is 21.6. The fourth-order valence-electron chi connectivity index (χ4n) is 3.48. The quantitative estimate of drug-likeness (QED) is 0.531. The third-order valence-corrected chi connectivity index (χ3v) is 6.97. The Morgan fingerprint density at radius 1 is 1.10 bits per heavy atom. The first-order valence-corrected chi connectivity index (χ1v) is 12.1. The highest BCUT2D eigenvalue weighted by molar-refractivity contribution is 7.89. The summed E-state index contributed by atoms with van der Waals surface area (Å²) >= 11 is 11.8. The minimum absolute atomic E-state index is 0.164. The number of halogens is 2. The van der Waals surface area contributed by atoms with Gasteiger partial charge in [-0.3, -0.25) is 4.79 Å². The standard InChI is InChI=1S/C21H24Cl2N2O5S/c22-15-10-14(11-16(23)12-15)21(27)24-9-8-17-6-7-19(20(13-26)30-17)25-31(28,29)18-4-2-1-3-5-18/h1-5,10-12,17,19-20,25-26H,6-9,13H2,(H,24,27)/t17-,19-,20+/m0/s1. The first kappa shape index (κ1) is 24.0. The molecule has 1 saturated heterocycles. The van der Waals surface area contributed by atoms with Gasteiger partial charge in [0.2, 0.25) is 10.0 Å². The minimum atomic E-state index is -3.71. The van der Waals surface area contributed by atoms with Gasteiger partial charge in [0.05, 0.1) is 29.8 Å². The van der Waals surface area contributed by atoms with Crippen LogP contribution >= 0.6 is 23.2 Å². The number of benzene rings is 2. The average molecular weight is 487 g/mol. The second kappa shape index (κ2) is 10.8. The van der Waals surface area contributed by atoms with Gasteiger partial charge in [0.25, 0.3) is 5.91 Å². The Bertz CT molecular complexity index is 984. The number of carbonyl (C=O) groups is 1. The first-order chi connectivity index (χ1) is 14.8. The molecule has 1 fully saturated rings. The third-order valence-electron chi connectivity index (χ3n) is 5.03. The molecule has 0 bridgehead atoms. The molecule has 3 rings (SSSR count). The summed E-state index contributed by atoms with van der Waals surface area (Å²) < 4.78 is 33.6. The van der Waals surface area contributed by atoms with Crippen molar-refractivity contribution in [3.63, 3.8) is 0 Å². The summed E-state index contributed by atoms with van der Waals surface area (Å²) in [6, 6.07) is 12.1. The van der Waals surface area contributed by atoms with Gasteiger partial charge in [-0.1, -0.05) is 41.4 Å². The van der Waals surface area contributed by atoms with Crippen LogP contribution < -0.4 is 10.0 Å². The van der Waals surface area contributed by atoms with E-state index in [-0.39, 0.29) is 23.5 Å². The molecule has 3 N–H and O–H groups in total. The van der Waals surface area contributed by atoms with Crippen LogP contribution in [-0.4, -0.2) is 50.8 Å². The van der Waals surface area contributed by atoms with E-state index in [0.717, 1.165) is 0 Å². The van der Waals surface area contributed by atoms with Crippen molar-refractivity contribution in [3.05, 3.63) is 64.1 Å². The smallest absolute Gasteiger partial charge is 0.251 e. The number of aliphatic hydroxyl groups is 1. The molecule has 1 amide bonds. The average Bonchev–Trinajstić information content (AvgIpc) is 2.74. The van der Waals surface area contributed by atoms with Crippen molar-refractivity contribution in [2.24, 2.45) is 0 Å². The van der Waals surface area contributed by atoms with Crippen LogP contribution in [0, 0.1) is 0 Å². The lowest BCUT2D eigenvalue weighted by Gasteiger charge is -2.36. The molecule has 3 atom stereocenters. The van der Waals surface area contributed by atoms with Crippen LogP contribution in [0.3, 0.4) is 0 Å². The lowest BCUT2D eigenvalue weighted by atomic mass is 9.98. The molecule has 0 unspecified atom stereocenters. The maximum absolute atomic E-state index is 12.6. The summed E-state index contributed by atoms with van der Waals surface area (Å²) in [7, 11) is -3.71. The van der Waals surface area contributed by atoms with Crippen molar-refractivity contribution in [1.82, 2.24) is 10.0 Å². The molecule has 0 aromatic heterocycles. The molecule has 1 heterocycles. The second-order valence-electron chi connectivity index (χ2n) is 7.30. The summed E-state index contributed by atoms with van der Waals surface area (Å²) in [5, 5.41) is 13.3. The molecule has 168 valence electrons. The molecule has 0 spiro atoms. The lowest BCUT2D eigenvalue weighted by molar-refractivity contribution is -0.0871. The highest BCUT2D eigenvalue weighted by Gasteiger charge is 2.33. The molecule has 0 saturated carbocycles. The van der Waals surface area contributed by atoms with Crippen LogP contribution in [0.25, 0.3) is 0 Å². The molecule has 31 heavy (non-hydrogen) atoms. The molecule has 7 nitrogen and oxygen atoms in total. The van der Waals surface area contributed by atoms with Crippen molar-refractivity contribution in [2.75, 3.05) is 13.2 Å². The van der Waals surface area contributed by atoms with Gasteiger partial charge in [-0.15, -0.1) is 0 Å². The van der Waals surface area contributed by atoms with Crippen molar-refractivity contribution in [2.45, 2.75) is 42.4 Å². The zero-order chi connectivity index (χ0) is 22.4. The first-order valence-electron chi connectivity index (χ1n) is 9.86. The third kappa shape index (κ3) is 6.65. The number of amides is 1. The van der Waals surface area contributed by atoms with Gasteiger partial charge in [-0.25, -0.2) is 13.1 Å².